The number of nitrogens with one attached hydrogen (secondary N) is 2. The van der Waals surface area contributed by atoms with Crippen LogP contribution in [0.15, 0.2) is 35.2 Å². The summed E-state index contributed by atoms with van der Waals surface area (Å²) in [6.45, 7) is 4.45. The molecule has 29 heavy (non-hydrogen) atoms. The highest BCUT2D eigenvalue weighted by Crippen LogP contribution is 2.38. The zero-order chi connectivity index (χ0) is 20.2. The number of aromatic nitrogens is 4. The molecule has 3 aromatic rings. The molecular formula is C22H27N5O2. The van der Waals surface area contributed by atoms with Gasteiger partial charge in [-0.25, -0.2) is 0 Å². The van der Waals surface area contributed by atoms with E-state index in [1.165, 1.54) is 11.3 Å². The van der Waals surface area contributed by atoms with Gasteiger partial charge in [-0.15, -0.1) is 0 Å². The molecule has 1 aliphatic carbocycles. The van der Waals surface area contributed by atoms with Crippen molar-refractivity contribution in [1.29, 1.82) is 0 Å². The van der Waals surface area contributed by atoms with Gasteiger partial charge in [-0.3, -0.25) is 14.9 Å². The van der Waals surface area contributed by atoms with Crippen LogP contribution in [0.5, 0.6) is 0 Å². The van der Waals surface area contributed by atoms with E-state index in [9.17, 15) is 4.79 Å². The molecule has 0 aromatic carbocycles. The Kier molecular flexibility index (Phi) is 5.74. The third-order valence-corrected chi connectivity index (χ3v) is 6.02. The minimum absolute atomic E-state index is 0.0371. The Morgan fingerprint density at radius 1 is 1.21 bits per heavy atom. The molecule has 1 aliphatic rings. The van der Waals surface area contributed by atoms with E-state index < -0.39 is 0 Å². The monoisotopic (exact) mass is 393 g/mol. The van der Waals surface area contributed by atoms with Crippen LogP contribution in [0.2, 0.25) is 0 Å². The summed E-state index contributed by atoms with van der Waals surface area (Å²) in [6, 6.07) is 4.04. The predicted octanol–water partition coefficient (Wildman–Crippen LogP) is 3.71. The minimum atomic E-state index is 0.0371. The Bertz CT molecular complexity index is 935. The molecule has 0 saturated heterocycles. The number of carbonyl (C=O) groups is 1. The maximum atomic E-state index is 12.3. The van der Waals surface area contributed by atoms with Gasteiger partial charge in [-0.2, -0.15) is 5.10 Å². The lowest BCUT2D eigenvalue weighted by Gasteiger charge is -2.28. The first kappa shape index (κ1) is 19.4. The Labute approximate surface area is 170 Å². The molecule has 0 bridgehead atoms. The van der Waals surface area contributed by atoms with Crippen LogP contribution in [0.3, 0.4) is 0 Å². The molecule has 0 aliphatic heterocycles. The summed E-state index contributed by atoms with van der Waals surface area (Å²) in [5, 5.41) is 14.5. The van der Waals surface area contributed by atoms with Crippen molar-refractivity contribution in [2.75, 3.05) is 6.54 Å². The molecule has 152 valence electrons. The number of pyridine rings is 1. The van der Waals surface area contributed by atoms with E-state index in [2.05, 4.69) is 25.7 Å². The van der Waals surface area contributed by atoms with Crippen molar-refractivity contribution >= 4 is 5.91 Å². The summed E-state index contributed by atoms with van der Waals surface area (Å²) in [6.07, 6.45) is 10.3. The molecule has 0 radical (unpaired) electrons. The molecule has 4 rings (SSSR count). The van der Waals surface area contributed by atoms with Crippen molar-refractivity contribution in [3.63, 3.8) is 0 Å². The average molecular weight is 393 g/mol. The summed E-state index contributed by atoms with van der Waals surface area (Å²) >= 11 is 0. The van der Waals surface area contributed by atoms with Crippen LogP contribution in [0.4, 0.5) is 0 Å². The van der Waals surface area contributed by atoms with Crippen LogP contribution >= 0.6 is 0 Å². The molecule has 3 aromatic heterocycles. The fourth-order valence-corrected chi connectivity index (χ4v) is 4.26. The topological polar surface area (TPSA) is 96.7 Å². The molecule has 7 heteroatoms. The second-order valence-electron chi connectivity index (χ2n) is 7.93. The maximum absolute atomic E-state index is 12.3. The van der Waals surface area contributed by atoms with Gasteiger partial charge in [0, 0.05) is 41.7 Å². The molecule has 0 unspecified atom stereocenters. The van der Waals surface area contributed by atoms with Crippen molar-refractivity contribution in [2.45, 2.75) is 51.9 Å². The Morgan fingerprint density at radius 2 is 1.97 bits per heavy atom. The van der Waals surface area contributed by atoms with Crippen LogP contribution in [-0.2, 0) is 11.2 Å². The summed E-state index contributed by atoms with van der Waals surface area (Å²) in [5.74, 6) is 1.76. The van der Waals surface area contributed by atoms with Crippen molar-refractivity contribution in [2.24, 2.45) is 5.92 Å². The van der Waals surface area contributed by atoms with Gasteiger partial charge < -0.3 is 9.84 Å². The third-order valence-electron chi connectivity index (χ3n) is 6.02. The number of rotatable bonds is 6. The Hall–Kier alpha value is -2.96. The Morgan fingerprint density at radius 3 is 2.66 bits per heavy atom. The van der Waals surface area contributed by atoms with Gasteiger partial charge in [0.15, 0.2) is 0 Å². The smallest absolute Gasteiger partial charge is 0.224 e. The van der Waals surface area contributed by atoms with Crippen LogP contribution in [0.25, 0.3) is 11.1 Å². The number of H-pyrrole nitrogens is 1. The zero-order valence-corrected chi connectivity index (χ0v) is 16.9. The predicted molar refractivity (Wildman–Crippen MR) is 109 cm³/mol. The summed E-state index contributed by atoms with van der Waals surface area (Å²) in [7, 11) is 0. The van der Waals surface area contributed by atoms with Crippen LogP contribution in [0, 0.1) is 19.8 Å². The number of carbonyl (C=O) groups excluding carboxylic acids is 1. The molecule has 0 spiro atoms. The number of amides is 1. The number of nitrogens with zero attached hydrogens (tertiary/aromatic N) is 3. The zero-order valence-electron chi connectivity index (χ0n) is 16.9. The van der Waals surface area contributed by atoms with Crippen LogP contribution in [-0.4, -0.2) is 32.8 Å². The number of aryl methyl sites for hydroxylation is 2. The third kappa shape index (κ3) is 4.39. The highest BCUT2D eigenvalue weighted by atomic mass is 16.5. The minimum Gasteiger partial charge on any atom is -0.361 e. The first-order valence-electron chi connectivity index (χ1n) is 10.2. The second-order valence-corrected chi connectivity index (χ2v) is 7.93. The van der Waals surface area contributed by atoms with Gasteiger partial charge in [0.25, 0.3) is 0 Å². The lowest BCUT2D eigenvalue weighted by atomic mass is 9.79. The van der Waals surface area contributed by atoms with E-state index in [0.717, 1.165) is 54.8 Å². The van der Waals surface area contributed by atoms with Gasteiger partial charge in [-0.05, 0) is 63.1 Å². The molecule has 7 nitrogen and oxygen atoms in total. The summed E-state index contributed by atoms with van der Waals surface area (Å²) < 4.78 is 5.14. The van der Waals surface area contributed by atoms with Crippen molar-refractivity contribution in [1.82, 2.24) is 25.7 Å². The standard InChI is InChI=1S/C22H27N5O2/c1-14-19(15(2)29-27-14)11-21(28)24-12-16-3-5-18(6-4-16)22-20(13-25-26-22)17-7-9-23-10-8-17/h7-10,13,16,18H,3-6,11-12H2,1-2H3,(H,24,28)(H,25,26). The normalized spacial score (nSPS) is 19.2. The quantitative estimate of drug-likeness (QED) is 0.665. The molecule has 1 saturated carbocycles. The molecule has 3 heterocycles. The first-order chi connectivity index (χ1) is 14.1. The van der Waals surface area contributed by atoms with E-state index in [-0.39, 0.29) is 5.91 Å². The molecule has 0 atom stereocenters. The van der Waals surface area contributed by atoms with Crippen molar-refractivity contribution < 1.29 is 9.32 Å². The number of hydrogen-bond donors (Lipinski definition) is 2. The van der Waals surface area contributed by atoms with E-state index in [1.54, 1.807) is 0 Å². The number of aromatic amines is 1. The molecular weight excluding hydrogens is 366 g/mol. The van der Waals surface area contributed by atoms with Crippen molar-refractivity contribution in [3.05, 3.63) is 53.4 Å². The molecule has 2 N–H and O–H groups in total. The summed E-state index contributed by atoms with van der Waals surface area (Å²) in [4.78, 5) is 16.4. The fraction of sp³-hybridized carbons (Fsp3) is 0.455. The average Bonchev–Trinajstić information content (AvgIpc) is 3.36. The van der Waals surface area contributed by atoms with Gasteiger partial charge >= 0.3 is 0 Å². The van der Waals surface area contributed by atoms with Gasteiger partial charge in [0.1, 0.15) is 5.76 Å². The highest BCUT2D eigenvalue weighted by molar-refractivity contribution is 5.79. The maximum Gasteiger partial charge on any atom is 0.224 e. The van der Waals surface area contributed by atoms with Crippen molar-refractivity contribution in [3.8, 4) is 11.1 Å². The van der Waals surface area contributed by atoms with Gasteiger partial charge in [0.05, 0.1) is 18.3 Å². The first-order valence-corrected chi connectivity index (χ1v) is 10.2. The number of hydrogen-bond acceptors (Lipinski definition) is 5. The fourth-order valence-electron chi connectivity index (χ4n) is 4.26. The van der Waals surface area contributed by atoms with E-state index in [1.807, 2.05) is 44.6 Å². The molecule has 1 amide bonds. The molecule has 1 fully saturated rings. The van der Waals surface area contributed by atoms with Gasteiger partial charge in [0.2, 0.25) is 5.91 Å². The lowest BCUT2D eigenvalue weighted by molar-refractivity contribution is -0.120. The summed E-state index contributed by atoms with van der Waals surface area (Å²) in [5.41, 5.74) is 5.23. The van der Waals surface area contributed by atoms with E-state index in [4.69, 9.17) is 4.52 Å². The van der Waals surface area contributed by atoms with Gasteiger partial charge in [-0.1, -0.05) is 5.16 Å². The van der Waals surface area contributed by atoms with E-state index in [0.29, 0.717) is 18.3 Å². The van der Waals surface area contributed by atoms with Crippen LogP contribution in [0.1, 0.15) is 54.3 Å². The second kappa shape index (κ2) is 8.59. The Balaban J connectivity index is 1.28. The SMILES string of the molecule is Cc1noc(C)c1CC(=O)NCC1CCC(c2[nH]ncc2-c2ccncc2)CC1. The van der Waals surface area contributed by atoms with E-state index >= 15 is 0 Å². The highest BCUT2D eigenvalue weighted by Gasteiger charge is 2.26. The van der Waals surface area contributed by atoms with Crippen LogP contribution < -0.4 is 5.32 Å². The lowest BCUT2D eigenvalue weighted by Crippen LogP contribution is -2.32. The largest absolute Gasteiger partial charge is 0.361 e.